The molecule has 0 aliphatic heterocycles. The van der Waals surface area contributed by atoms with Crippen LogP contribution in [0.25, 0.3) is 5.52 Å². The normalized spacial score (nSPS) is 13.5. The molecule has 1 fully saturated rings. The van der Waals surface area contributed by atoms with Gasteiger partial charge in [-0.25, -0.2) is 24.0 Å². The van der Waals surface area contributed by atoms with Gasteiger partial charge in [-0.2, -0.15) is 5.10 Å². The van der Waals surface area contributed by atoms with Crippen LogP contribution in [-0.2, 0) is 14.3 Å². The van der Waals surface area contributed by atoms with E-state index in [1.165, 1.54) is 24.0 Å². The number of hydrogen-bond donors (Lipinski definition) is 3. The molecule has 3 N–H and O–H groups in total. The maximum atomic E-state index is 13.5. The number of nitrogens with one attached hydrogen (secondary N) is 2. The van der Waals surface area contributed by atoms with Crippen molar-refractivity contribution in [3.63, 3.8) is 0 Å². The first-order chi connectivity index (χ1) is 18.6. The molecular formula is C26H30N6O7. The molecule has 13 nitrogen and oxygen atoms in total. The van der Waals surface area contributed by atoms with Gasteiger partial charge in [0.1, 0.15) is 17.9 Å². The van der Waals surface area contributed by atoms with Crippen LogP contribution in [-0.4, -0.2) is 74.0 Å². The summed E-state index contributed by atoms with van der Waals surface area (Å²) in [5, 5.41) is 19.4. The van der Waals surface area contributed by atoms with Gasteiger partial charge < -0.3 is 25.2 Å². The molecule has 3 aromatic rings. The third-order valence-corrected chi connectivity index (χ3v) is 6.20. The van der Waals surface area contributed by atoms with Crippen molar-refractivity contribution >= 4 is 40.9 Å². The van der Waals surface area contributed by atoms with Gasteiger partial charge in [-0.15, -0.1) is 0 Å². The van der Waals surface area contributed by atoms with Gasteiger partial charge in [0.05, 0.1) is 5.56 Å². The van der Waals surface area contributed by atoms with Gasteiger partial charge in [0, 0.05) is 30.0 Å². The molecule has 0 radical (unpaired) electrons. The summed E-state index contributed by atoms with van der Waals surface area (Å²) in [6, 6.07) is 4.93. The molecule has 13 heteroatoms. The largest absolute Gasteiger partial charge is 0.426 e. The van der Waals surface area contributed by atoms with Crippen molar-refractivity contribution in [2.24, 2.45) is 0 Å². The van der Waals surface area contributed by atoms with Crippen molar-refractivity contribution in [2.45, 2.75) is 52.7 Å². The van der Waals surface area contributed by atoms with E-state index in [1.807, 2.05) is 19.9 Å². The van der Waals surface area contributed by atoms with Gasteiger partial charge >= 0.3 is 12.1 Å². The molecule has 1 aliphatic rings. The third-order valence-electron chi connectivity index (χ3n) is 6.20. The Kier molecular flexibility index (Phi) is 8.10. The number of aliphatic hydroxyl groups excluding tert-OH is 1. The summed E-state index contributed by atoms with van der Waals surface area (Å²) in [5.41, 5.74) is 3.27. The number of aryl methyl sites for hydroxylation is 2. The number of carbonyl (C=O) groups excluding carboxylic acids is 4. The molecule has 2 aromatic heterocycles. The quantitative estimate of drug-likeness (QED) is 0.272. The van der Waals surface area contributed by atoms with E-state index in [0.717, 1.165) is 10.5 Å². The van der Waals surface area contributed by atoms with Crippen molar-refractivity contribution in [1.29, 1.82) is 0 Å². The van der Waals surface area contributed by atoms with E-state index in [-0.39, 0.29) is 17.5 Å². The minimum Gasteiger partial charge on any atom is -0.426 e. The molecule has 0 spiro atoms. The van der Waals surface area contributed by atoms with Crippen LogP contribution >= 0.6 is 0 Å². The van der Waals surface area contributed by atoms with Crippen LogP contribution in [0.3, 0.4) is 0 Å². The van der Waals surface area contributed by atoms with Crippen LogP contribution in [0.2, 0.25) is 0 Å². The summed E-state index contributed by atoms with van der Waals surface area (Å²) in [7, 11) is 0. The number of nitrogens with zero attached hydrogens (tertiary/aromatic N) is 4. The topological polar surface area (TPSA) is 164 Å². The highest BCUT2D eigenvalue weighted by atomic mass is 16.7. The lowest BCUT2D eigenvalue weighted by atomic mass is 10.1. The van der Waals surface area contributed by atoms with Gasteiger partial charge in [-0.1, -0.05) is 6.07 Å². The Morgan fingerprint density at radius 2 is 1.95 bits per heavy atom. The number of ether oxygens (including phenoxy) is 2. The number of amides is 3. The van der Waals surface area contributed by atoms with Crippen LogP contribution in [0.15, 0.2) is 30.7 Å². The van der Waals surface area contributed by atoms with E-state index in [9.17, 15) is 24.3 Å². The Hall–Kier alpha value is -4.52. The monoisotopic (exact) mass is 538 g/mol. The van der Waals surface area contributed by atoms with Crippen LogP contribution in [0.5, 0.6) is 0 Å². The number of rotatable bonds is 9. The fourth-order valence-corrected chi connectivity index (χ4v) is 3.94. The molecule has 0 bridgehead atoms. The molecule has 1 aliphatic carbocycles. The number of fused-ring (bicyclic) bond motifs is 1. The zero-order chi connectivity index (χ0) is 28.3. The minimum atomic E-state index is -1.37. The summed E-state index contributed by atoms with van der Waals surface area (Å²) in [6.07, 6.45) is 1.75. The number of anilines is 2. The average Bonchev–Trinajstić information content (AvgIpc) is 3.67. The highest BCUT2D eigenvalue weighted by Gasteiger charge is 2.40. The van der Waals surface area contributed by atoms with E-state index < -0.39 is 30.9 Å². The second kappa shape index (κ2) is 11.5. The summed E-state index contributed by atoms with van der Waals surface area (Å²) < 4.78 is 11.1. The smallest absolute Gasteiger partial charge is 0.419 e. The predicted octanol–water partition coefficient (Wildman–Crippen LogP) is 2.46. The predicted molar refractivity (Wildman–Crippen MR) is 139 cm³/mol. The number of hydrogen-bond acceptors (Lipinski definition) is 10. The maximum absolute atomic E-state index is 13.5. The van der Waals surface area contributed by atoms with Gasteiger partial charge in [0.2, 0.25) is 6.79 Å². The van der Waals surface area contributed by atoms with Crippen molar-refractivity contribution in [2.75, 3.05) is 18.7 Å². The molecule has 2 heterocycles. The van der Waals surface area contributed by atoms with E-state index >= 15 is 0 Å². The SMILES string of the molecule is CCNC(=O)c1ccc(C)c(Nc2ncnn3cc(C(=O)N(C(=O)OCOC(=O)C(C)O)C4CC4)c(C)c23)c1. The zero-order valence-electron chi connectivity index (χ0n) is 22.1. The fourth-order valence-electron chi connectivity index (χ4n) is 3.94. The van der Waals surface area contributed by atoms with E-state index in [2.05, 4.69) is 25.5 Å². The lowest BCUT2D eigenvalue weighted by molar-refractivity contribution is -0.161. The maximum Gasteiger partial charge on any atom is 0.419 e. The van der Waals surface area contributed by atoms with Crippen LogP contribution in [0.1, 0.15) is 58.5 Å². The number of carbonyl (C=O) groups is 4. The molecule has 1 unspecified atom stereocenters. The highest BCUT2D eigenvalue weighted by Crippen LogP contribution is 2.32. The van der Waals surface area contributed by atoms with E-state index in [1.54, 1.807) is 19.1 Å². The summed E-state index contributed by atoms with van der Waals surface area (Å²) in [5.74, 6) is -1.34. The zero-order valence-corrected chi connectivity index (χ0v) is 22.1. The molecule has 1 saturated carbocycles. The Morgan fingerprint density at radius 1 is 1.21 bits per heavy atom. The Labute approximate surface area is 224 Å². The second-order valence-corrected chi connectivity index (χ2v) is 9.16. The van der Waals surface area contributed by atoms with Gasteiger partial charge in [0.15, 0.2) is 5.82 Å². The van der Waals surface area contributed by atoms with Crippen LogP contribution < -0.4 is 10.6 Å². The summed E-state index contributed by atoms with van der Waals surface area (Å²) in [4.78, 5) is 55.4. The molecule has 206 valence electrons. The first-order valence-electron chi connectivity index (χ1n) is 12.5. The Bertz CT molecular complexity index is 1430. The molecule has 3 amide bonds. The molecule has 1 aromatic carbocycles. The lowest BCUT2D eigenvalue weighted by Gasteiger charge is -2.20. The van der Waals surface area contributed by atoms with Crippen molar-refractivity contribution in [3.05, 3.63) is 53.0 Å². The number of imide groups is 1. The summed E-state index contributed by atoms with van der Waals surface area (Å²) >= 11 is 0. The molecule has 0 saturated heterocycles. The van der Waals surface area contributed by atoms with Crippen molar-refractivity contribution in [1.82, 2.24) is 24.8 Å². The minimum absolute atomic E-state index is 0.201. The number of aliphatic hydroxyl groups is 1. The lowest BCUT2D eigenvalue weighted by Crippen LogP contribution is -2.40. The van der Waals surface area contributed by atoms with Crippen LogP contribution in [0, 0.1) is 13.8 Å². The summed E-state index contributed by atoms with van der Waals surface area (Å²) in [6.45, 7) is 6.44. The molecule has 1 atom stereocenters. The molecule has 39 heavy (non-hydrogen) atoms. The van der Waals surface area contributed by atoms with Gasteiger partial charge in [0.25, 0.3) is 11.8 Å². The average molecular weight is 539 g/mol. The second-order valence-electron chi connectivity index (χ2n) is 9.16. The standard InChI is InChI=1S/C26H30N6O7/c1-5-27-23(34)17-7-6-14(2)20(10-17)30-22-21-15(3)19(11-31(21)29-12-28-22)24(35)32(18-8-9-18)26(37)39-13-38-25(36)16(4)33/h6-7,10-12,16,18,33H,5,8-9,13H2,1-4H3,(H,27,34)(H,28,29,30). The van der Waals surface area contributed by atoms with E-state index in [4.69, 9.17) is 4.74 Å². The molecular weight excluding hydrogens is 508 g/mol. The Morgan fingerprint density at radius 3 is 2.62 bits per heavy atom. The molecule has 4 rings (SSSR count). The first-order valence-corrected chi connectivity index (χ1v) is 12.5. The van der Waals surface area contributed by atoms with Gasteiger partial charge in [-0.3, -0.25) is 9.59 Å². The number of esters is 1. The van der Waals surface area contributed by atoms with E-state index in [0.29, 0.717) is 47.5 Å². The van der Waals surface area contributed by atoms with Crippen molar-refractivity contribution < 1.29 is 33.8 Å². The van der Waals surface area contributed by atoms with Crippen molar-refractivity contribution in [3.8, 4) is 0 Å². The Balaban J connectivity index is 1.60. The first kappa shape index (κ1) is 27.5. The van der Waals surface area contributed by atoms with Crippen LogP contribution in [0.4, 0.5) is 16.3 Å². The van der Waals surface area contributed by atoms with Gasteiger partial charge in [-0.05, 0) is 63.8 Å². The number of benzene rings is 1. The third kappa shape index (κ3) is 5.98. The number of aromatic nitrogens is 3. The highest BCUT2D eigenvalue weighted by molar-refractivity contribution is 6.06. The fraction of sp³-hybridized carbons (Fsp3) is 0.385.